The number of hydrogen-bond donors (Lipinski definition) is 1. The Balaban J connectivity index is 2.57. The first-order chi connectivity index (χ1) is 4.25. The largest absolute Gasteiger partial charge is 0.327 e. The van der Waals surface area contributed by atoms with Crippen LogP contribution in [-0.4, -0.2) is 6.54 Å². The molecule has 3 heteroatoms. The fourth-order valence-corrected chi connectivity index (χ4v) is 0.830. The Kier molecular flexibility index (Phi) is 1.81. The highest BCUT2D eigenvalue weighted by Gasteiger charge is 2.28. The van der Waals surface area contributed by atoms with Crippen molar-refractivity contribution in [2.24, 2.45) is 11.7 Å². The van der Waals surface area contributed by atoms with E-state index in [0.717, 1.165) is 12.8 Å². The van der Waals surface area contributed by atoms with E-state index in [9.17, 15) is 8.78 Å². The summed E-state index contributed by atoms with van der Waals surface area (Å²) in [6, 6.07) is 0. The van der Waals surface area contributed by atoms with Gasteiger partial charge in [0.05, 0.1) is 0 Å². The molecule has 52 valence electrons. The summed E-state index contributed by atoms with van der Waals surface area (Å²) in [5.74, 6) is 0.111. The Morgan fingerprint density at radius 1 is 1.44 bits per heavy atom. The van der Waals surface area contributed by atoms with E-state index in [0.29, 0.717) is 0 Å². The normalized spacial score (nSPS) is 17.7. The van der Waals surface area contributed by atoms with Crippen LogP contribution in [0.3, 0.4) is 0 Å². The molecular weight excluding hydrogens is 124 g/mol. The van der Waals surface area contributed by atoms with Gasteiger partial charge in [-0.15, -0.1) is 0 Å². The lowest BCUT2D eigenvalue weighted by atomic mass is 10.2. The van der Waals surface area contributed by atoms with Gasteiger partial charge in [0.25, 0.3) is 6.08 Å². The van der Waals surface area contributed by atoms with Gasteiger partial charge < -0.3 is 5.73 Å². The van der Waals surface area contributed by atoms with Crippen LogP contribution in [0, 0.1) is 5.92 Å². The maximum Gasteiger partial charge on any atom is 0.271 e. The van der Waals surface area contributed by atoms with Crippen molar-refractivity contribution in [2.45, 2.75) is 12.8 Å². The highest BCUT2D eigenvalue weighted by molar-refractivity contribution is 5.14. The predicted molar refractivity (Wildman–Crippen MR) is 31.0 cm³/mol. The van der Waals surface area contributed by atoms with Gasteiger partial charge in [0.1, 0.15) is 0 Å². The second-order valence-corrected chi connectivity index (χ2v) is 2.26. The van der Waals surface area contributed by atoms with Crippen LogP contribution < -0.4 is 5.73 Å². The smallest absolute Gasteiger partial charge is 0.271 e. The molecule has 0 unspecified atom stereocenters. The molecule has 1 aliphatic rings. The van der Waals surface area contributed by atoms with Crippen molar-refractivity contribution >= 4 is 0 Å². The Hall–Kier alpha value is -0.440. The summed E-state index contributed by atoms with van der Waals surface area (Å²) in [5.41, 5.74) is 5.24. The fraction of sp³-hybridized carbons (Fsp3) is 0.667. The summed E-state index contributed by atoms with van der Waals surface area (Å²) >= 11 is 0. The van der Waals surface area contributed by atoms with Crippen LogP contribution in [0.5, 0.6) is 0 Å². The molecule has 9 heavy (non-hydrogen) atoms. The molecule has 0 bridgehead atoms. The minimum absolute atomic E-state index is 0.0208. The van der Waals surface area contributed by atoms with Gasteiger partial charge in [0, 0.05) is 12.1 Å². The molecule has 0 aromatic rings. The van der Waals surface area contributed by atoms with Crippen molar-refractivity contribution in [1.29, 1.82) is 0 Å². The zero-order valence-corrected chi connectivity index (χ0v) is 5.03. The van der Waals surface area contributed by atoms with Crippen LogP contribution in [0.1, 0.15) is 12.8 Å². The minimum Gasteiger partial charge on any atom is -0.327 e. The molecule has 0 aromatic carbocycles. The topological polar surface area (TPSA) is 26.0 Å². The molecular formula is C6H9F2N. The highest BCUT2D eigenvalue weighted by Crippen LogP contribution is 2.37. The van der Waals surface area contributed by atoms with Crippen molar-refractivity contribution < 1.29 is 8.78 Å². The van der Waals surface area contributed by atoms with E-state index in [1.807, 2.05) is 0 Å². The lowest BCUT2D eigenvalue weighted by molar-refractivity contribution is 0.404. The first-order valence-corrected chi connectivity index (χ1v) is 2.99. The Labute approximate surface area is 52.5 Å². The third-order valence-corrected chi connectivity index (χ3v) is 1.53. The second kappa shape index (κ2) is 2.43. The van der Waals surface area contributed by atoms with Gasteiger partial charge in [-0.2, -0.15) is 8.78 Å². The Morgan fingerprint density at radius 3 is 2.11 bits per heavy atom. The van der Waals surface area contributed by atoms with Gasteiger partial charge in [0.15, 0.2) is 0 Å². The predicted octanol–water partition coefficient (Wildman–Crippen LogP) is 1.51. The number of rotatable bonds is 2. The van der Waals surface area contributed by atoms with E-state index in [2.05, 4.69) is 0 Å². The molecule has 2 N–H and O–H groups in total. The van der Waals surface area contributed by atoms with E-state index < -0.39 is 6.08 Å². The van der Waals surface area contributed by atoms with E-state index >= 15 is 0 Å². The molecule has 0 atom stereocenters. The van der Waals surface area contributed by atoms with E-state index in [-0.39, 0.29) is 18.0 Å². The van der Waals surface area contributed by atoms with Gasteiger partial charge in [-0.25, -0.2) is 0 Å². The van der Waals surface area contributed by atoms with Crippen LogP contribution >= 0.6 is 0 Å². The number of nitrogens with two attached hydrogens (primary N) is 1. The molecule has 1 rings (SSSR count). The van der Waals surface area contributed by atoms with Crippen molar-refractivity contribution in [3.05, 3.63) is 11.7 Å². The zero-order valence-electron chi connectivity index (χ0n) is 5.03. The molecule has 0 aliphatic heterocycles. The van der Waals surface area contributed by atoms with Crippen LogP contribution in [0.2, 0.25) is 0 Å². The van der Waals surface area contributed by atoms with Gasteiger partial charge in [-0.3, -0.25) is 0 Å². The monoisotopic (exact) mass is 133 g/mol. The summed E-state index contributed by atoms with van der Waals surface area (Å²) in [6.07, 6.45) is 0.216. The lowest BCUT2D eigenvalue weighted by Crippen LogP contribution is -2.05. The van der Waals surface area contributed by atoms with Crippen LogP contribution in [-0.2, 0) is 0 Å². The molecule has 0 amide bonds. The third kappa shape index (κ3) is 1.48. The SMILES string of the molecule is NCC(=C(F)F)C1CC1. The zero-order chi connectivity index (χ0) is 6.85. The van der Waals surface area contributed by atoms with Crippen LogP contribution in [0.25, 0.3) is 0 Å². The van der Waals surface area contributed by atoms with Crippen LogP contribution in [0.15, 0.2) is 11.7 Å². The molecule has 1 fully saturated rings. The van der Waals surface area contributed by atoms with Crippen molar-refractivity contribution in [2.75, 3.05) is 6.54 Å². The van der Waals surface area contributed by atoms with Crippen molar-refractivity contribution in [1.82, 2.24) is 0 Å². The average Bonchev–Trinajstić information content (AvgIpc) is 2.50. The van der Waals surface area contributed by atoms with E-state index in [1.54, 1.807) is 0 Å². The molecule has 1 aliphatic carbocycles. The lowest BCUT2D eigenvalue weighted by Gasteiger charge is -1.96. The van der Waals surface area contributed by atoms with Crippen molar-refractivity contribution in [3.63, 3.8) is 0 Å². The van der Waals surface area contributed by atoms with E-state index in [4.69, 9.17) is 5.73 Å². The van der Waals surface area contributed by atoms with Gasteiger partial charge in [-0.1, -0.05) is 0 Å². The highest BCUT2D eigenvalue weighted by atomic mass is 19.3. The first kappa shape index (κ1) is 6.68. The summed E-state index contributed by atoms with van der Waals surface area (Å²) in [5, 5.41) is 0. The third-order valence-electron chi connectivity index (χ3n) is 1.53. The minimum atomic E-state index is -1.57. The first-order valence-electron chi connectivity index (χ1n) is 2.99. The molecule has 0 radical (unpaired) electrons. The maximum atomic E-state index is 11.8. The fourth-order valence-electron chi connectivity index (χ4n) is 0.830. The van der Waals surface area contributed by atoms with Gasteiger partial charge in [0.2, 0.25) is 0 Å². The molecule has 1 saturated carbocycles. The second-order valence-electron chi connectivity index (χ2n) is 2.26. The van der Waals surface area contributed by atoms with Crippen LogP contribution in [0.4, 0.5) is 8.78 Å². The summed E-state index contributed by atoms with van der Waals surface area (Å²) < 4.78 is 23.6. The van der Waals surface area contributed by atoms with Gasteiger partial charge in [-0.05, 0) is 18.8 Å². The molecule has 0 heterocycles. The summed E-state index contributed by atoms with van der Waals surface area (Å²) in [7, 11) is 0. The van der Waals surface area contributed by atoms with Gasteiger partial charge >= 0.3 is 0 Å². The summed E-state index contributed by atoms with van der Waals surface area (Å²) in [4.78, 5) is 0. The summed E-state index contributed by atoms with van der Waals surface area (Å²) in [6.45, 7) is 0.0208. The molecule has 0 aromatic heterocycles. The number of halogens is 2. The molecule has 0 saturated heterocycles. The number of hydrogen-bond acceptors (Lipinski definition) is 1. The average molecular weight is 133 g/mol. The molecule has 1 nitrogen and oxygen atoms in total. The Bertz CT molecular complexity index is 134. The Morgan fingerprint density at radius 2 is 2.00 bits per heavy atom. The standard InChI is InChI=1S/C6H9F2N/c7-6(8)5(3-9)4-1-2-4/h4H,1-3,9H2. The molecule has 0 spiro atoms. The quantitative estimate of drug-likeness (QED) is 0.607. The van der Waals surface area contributed by atoms with Crippen molar-refractivity contribution in [3.8, 4) is 0 Å². The maximum absolute atomic E-state index is 11.8. The van der Waals surface area contributed by atoms with E-state index in [1.165, 1.54) is 0 Å².